The first-order valence-electron chi connectivity index (χ1n) is 20.6. The maximum Gasteiger partial charge on any atom is 0.407 e. The number of rotatable bonds is 16. The van der Waals surface area contributed by atoms with E-state index in [-0.39, 0.29) is 97.7 Å². The Bertz CT molecular complexity index is 1900. The van der Waals surface area contributed by atoms with Gasteiger partial charge >= 0.3 is 6.09 Å². The molecule has 15 heteroatoms. The summed E-state index contributed by atoms with van der Waals surface area (Å²) in [5.74, 6) is -2.37. The number of carbonyl (C=O) groups excluding carboxylic acids is 4. The average Bonchev–Trinajstić information content (AvgIpc) is 3.16. The third kappa shape index (κ3) is 9.77. The first-order chi connectivity index (χ1) is 28.3. The number of ether oxygens (including phenoxy) is 1. The summed E-state index contributed by atoms with van der Waals surface area (Å²) in [5, 5.41) is 71.6. The molecule has 0 atom stereocenters. The van der Waals surface area contributed by atoms with Gasteiger partial charge in [0.05, 0.1) is 16.2 Å². The van der Waals surface area contributed by atoms with Gasteiger partial charge in [-0.2, -0.15) is 0 Å². The van der Waals surface area contributed by atoms with Crippen LogP contribution < -0.4 is 21.3 Å². The van der Waals surface area contributed by atoms with E-state index in [0.717, 1.165) is 0 Å². The van der Waals surface area contributed by atoms with Crippen molar-refractivity contribution in [2.24, 2.45) is 21.7 Å². The smallest absolute Gasteiger partial charge is 0.407 e. The number of benzene rings is 3. The minimum atomic E-state index is -1.11. The third-order valence-corrected chi connectivity index (χ3v) is 12.4. The summed E-state index contributed by atoms with van der Waals surface area (Å²) < 4.78 is 5.43. The lowest BCUT2D eigenvalue weighted by atomic mass is 9.34. The second kappa shape index (κ2) is 17.0. The van der Waals surface area contributed by atoms with Gasteiger partial charge in [0.2, 0.25) is 17.7 Å². The summed E-state index contributed by atoms with van der Waals surface area (Å²) in [7, 11) is 0. The van der Waals surface area contributed by atoms with Crippen LogP contribution in [0, 0.1) is 21.7 Å². The first kappa shape index (κ1) is 43.7. The van der Waals surface area contributed by atoms with E-state index in [1.807, 2.05) is 0 Å². The van der Waals surface area contributed by atoms with Crippen molar-refractivity contribution in [2.75, 3.05) is 26.2 Å². The van der Waals surface area contributed by atoms with Gasteiger partial charge in [0.25, 0.3) is 0 Å². The second-order valence-electron chi connectivity index (χ2n) is 18.4. The third-order valence-electron chi connectivity index (χ3n) is 12.4. The molecule has 0 aromatic heterocycles. The Labute approximate surface area is 349 Å². The Hall–Kier alpha value is -5.86. The quantitative estimate of drug-likeness (QED) is 0.0685. The van der Waals surface area contributed by atoms with Gasteiger partial charge in [-0.25, -0.2) is 4.79 Å². The van der Waals surface area contributed by atoms with Crippen LogP contribution >= 0.6 is 0 Å². The summed E-state index contributed by atoms with van der Waals surface area (Å²) in [4.78, 5) is 56.7. The van der Waals surface area contributed by atoms with E-state index in [0.29, 0.717) is 68.1 Å². The van der Waals surface area contributed by atoms with Crippen LogP contribution in [-0.2, 0) is 38.4 Å². The lowest BCUT2D eigenvalue weighted by Gasteiger charge is -2.68. The number of hydrogen-bond acceptors (Lipinski definition) is 11. The number of aromatic hydroxyl groups is 6. The molecular formula is C45H58N4O11. The molecule has 0 saturated heterocycles. The molecule has 4 aliphatic rings. The average molecular weight is 831 g/mol. The van der Waals surface area contributed by atoms with Crippen molar-refractivity contribution in [3.63, 3.8) is 0 Å². The predicted molar refractivity (Wildman–Crippen MR) is 220 cm³/mol. The van der Waals surface area contributed by atoms with E-state index in [9.17, 15) is 49.8 Å². The highest BCUT2D eigenvalue weighted by molar-refractivity contribution is 5.93. The van der Waals surface area contributed by atoms with Crippen molar-refractivity contribution in [1.29, 1.82) is 0 Å². The second-order valence-corrected chi connectivity index (χ2v) is 18.4. The van der Waals surface area contributed by atoms with Crippen molar-refractivity contribution in [1.82, 2.24) is 21.3 Å². The summed E-state index contributed by atoms with van der Waals surface area (Å²) >= 11 is 0. The van der Waals surface area contributed by atoms with E-state index < -0.39 is 33.4 Å². The zero-order chi connectivity index (χ0) is 43.5. The summed E-state index contributed by atoms with van der Waals surface area (Å²) in [5.41, 5.74) is -2.55. The van der Waals surface area contributed by atoms with Gasteiger partial charge in [0.15, 0.2) is 34.5 Å². The van der Waals surface area contributed by atoms with Crippen molar-refractivity contribution >= 4 is 23.8 Å². The number of carbonyl (C=O) groups is 4. The molecule has 4 bridgehead atoms. The SMILES string of the molecule is CC(C)(C)OC(=O)NCCCC12CC3(C(=O)NCCc4ccc(O)c(O)c4)CC(C(=O)NCCc4ccc(O)c(O)c4)(C1)CC(C(=O)NCCc1ccc(O)c(O)c1)(C2)C3. The number of phenolic OH excluding ortho intramolecular Hbond substituents is 6. The van der Waals surface area contributed by atoms with Crippen LogP contribution in [0.1, 0.15) is 88.8 Å². The lowest BCUT2D eigenvalue weighted by molar-refractivity contribution is -0.209. The molecule has 4 fully saturated rings. The molecule has 4 aliphatic carbocycles. The molecule has 7 rings (SSSR count). The number of nitrogens with one attached hydrogen (secondary N) is 4. The van der Waals surface area contributed by atoms with Crippen LogP contribution in [0.4, 0.5) is 4.79 Å². The molecule has 4 amide bonds. The highest BCUT2D eigenvalue weighted by atomic mass is 16.6. The first-order valence-corrected chi connectivity index (χ1v) is 20.6. The van der Waals surface area contributed by atoms with Crippen LogP contribution in [0.5, 0.6) is 34.5 Å². The fraction of sp³-hybridized carbons (Fsp3) is 0.511. The lowest BCUT2D eigenvalue weighted by Crippen LogP contribution is -2.70. The summed E-state index contributed by atoms with van der Waals surface area (Å²) in [6.45, 7) is 6.23. The number of amides is 4. The van der Waals surface area contributed by atoms with Gasteiger partial charge in [-0.1, -0.05) is 18.2 Å². The van der Waals surface area contributed by atoms with Gasteiger partial charge in [0, 0.05) is 26.2 Å². The molecule has 0 aliphatic heterocycles. The molecule has 15 nitrogen and oxygen atoms in total. The van der Waals surface area contributed by atoms with Crippen LogP contribution in [0.3, 0.4) is 0 Å². The zero-order valence-corrected chi connectivity index (χ0v) is 34.5. The van der Waals surface area contributed by atoms with E-state index in [1.54, 1.807) is 39.0 Å². The maximum absolute atomic E-state index is 14.7. The van der Waals surface area contributed by atoms with E-state index >= 15 is 0 Å². The highest BCUT2D eigenvalue weighted by Crippen LogP contribution is 2.75. The molecule has 10 N–H and O–H groups in total. The van der Waals surface area contributed by atoms with Gasteiger partial charge in [-0.05, 0) is 150 Å². The van der Waals surface area contributed by atoms with Gasteiger partial charge in [-0.3, -0.25) is 14.4 Å². The zero-order valence-electron chi connectivity index (χ0n) is 34.5. The molecule has 60 heavy (non-hydrogen) atoms. The van der Waals surface area contributed by atoms with Gasteiger partial charge in [-0.15, -0.1) is 0 Å². The molecule has 3 aromatic carbocycles. The van der Waals surface area contributed by atoms with Crippen molar-refractivity contribution < 1.29 is 54.6 Å². The van der Waals surface area contributed by atoms with Crippen LogP contribution in [0.2, 0.25) is 0 Å². The Morgan fingerprint density at radius 3 is 1.18 bits per heavy atom. The Morgan fingerprint density at radius 2 is 0.867 bits per heavy atom. The Morgan fingerprint density at radius 1 is 0.517 bits per heavy atom. The Balaban J connectivity index is 1.28. The number of phenols is 6. The predicted octanol–water partition coefficient (Wildman–Crippen LogP) is 4.93. The molecule has 4 saturated carbocycles. The fourth-order valence-corrected chi connectivity index (χ4v) is 10.5. The van der Waals surface area contributed by atoms with Crippen LogP contribution in [0.25, 0.3) is 0 Å². The minimum Gasteiger partial charge on any atom is -0.504 e. The molecular weight excluding hydrogens is 773 g/mol. The van der Waals surface area contributed by atoms with Crippen molar-refractivity contribution in [2.45, 2.75) is 97.0 Å². The standard InChI is InChI=1S/C45H58N4O11/c1-41(2,3)60-40(59)49-15-4-14-42-22-43(37(56)46-16-11-28-5-8-31(50)34(53)19-28)25-44(23-42,38(57)47-17-12-29-6-9-32(51)35(54)20-29)27-45(24-42,26-43)39(58)48-18-13-30-7-10-33(52)36(55)21-30/h5-10,19-21,50-55H,4,11-18,22-27H2,1-3H3,(H,46,56)(H,47,57)(H,48,58)(H,49,59). The topological polar surface area (TPSA) is 247 Å². The minimum absolute atomic E-state index is 0.203. The van der Waals surface area contributed by atoms with Gasteiger partial charge < -0.3 is 56.6 Å². The molecule has 324 valence electrons. The van der Waals surface area contributed by atoms with E-state index in [2.05, 4.69) is 21.3 Å². The normalized spacial score (nSPS) is 24.1. The monoisotopic (exact) mass is 830 g/mol. The van der Waals surface area contributed by atoms with Crippen molar-refractivity contribution in [3.8, 4) is 34.5 Å². The van der Waals surface area contributed by atoms with Gasteiger partial charge in [0.1, 0.15) is 5.60 Å². The fourth-order valence-electron chi connectivity index (χ4n) is 10.5. The highest BCUT2D eigenvalue weighted by Gasteiger charge is 2.73. The van der Waals surface area contributed by atoms with E-state index in [1.165, 1.54) is 36.4 Å². The molecule has 3 aromatic rings. The van der Waals surface area contributed by atoms with E-state index in [4.69, 9.17) is 4.74 Å². The molecule has 0 heterocycles. The maximum atomic E-state index is 14.7. The Kier molecular flexibility index (Phi) is 12.4. The largest absolute Gasteiger partial charge is 0.504 e. The van der Waals surface area contributed by atoms with Crippen LogP contribution in [-0.4, -0.2) is 86.2 Å². The molecule has 0 spiro atoms. The summed E-state index contributed by atoms with van der Waals surface area (Å²) in [6.07, 6.45) is 3.49. The van der Waals surface area contributed by atoms with Crippen LogP contribution in [0.15, 0.2) is 54.6 Å². The van der Waals surface area contributed by atoms with Crippen molar-refractivity contribution in [3.05, 3.63) is 71.3 Å². The molecule has 0 unspecified atom stereocenters. The number of alkyl carbamates (subject to hydrolysis) is 1. The number of hydrogen-bond donors (Lipinski definition) is 10. The summed E-state index contributed by atoms with van der Waals surface area (Å²) in [6, 6.07) is 13.4. The molecule has 0 radical (unpaired) electrons.